The number of hydrogen-bond donors (Lipinski definition) is 2. The van der Waals surface area contributed by atoms with Crippen LogP contribution in [0.4, 0.5) is 16.2 Å². The first-order valence-electron chi connectivity index (χ1n) is 9.98. The van der Waals surface area contributed by atoms with Crippen LogP contribution in [0.3, 0.4) is 0 Å². The molecule has 0 saturated carbocycles. The molecule has 1 atom stereocenters. The molecule has 1 fully saturated rings. The van der Waals surface area contributed by atoms with E-state index in [4.69, 9.17) is 4.42 Å². The van der Waals surface area contributed by atoms with Crippen molar-refractivity contribution in [3.63, 3.8) is 0 Å². The summed E-state index contributed by atoms with van der Waals surface area (Å²) >= 11 is 0. The maximum absolute atomic E-state index is 13.3. The van der Waals surface area contributed by atoms with Crippen molar-refractivity contribution < 1.29 is 13.9 Å². The van der Waals surface area contributed by atoms with Gasteiger partial charge in [-0.1, -0.05) is 12.1 Å². The number of aliphatic hydroxyl groups is 1. The Morgan fingerprint density at radius 2 is 1.97 bits per heavy atom. The van der Waals surface area contributed by atoms with Gasteiger partial charge >= 0.3 is 0 Å². The molecule has 3 aromatic rings. The zero-order valence-electron chi connectivity index (χ0n) is 16.2. The van der Waals surface area contributed by atoms with E-state index in [1.165, 1.54) is 12.1 Å². The molecule has 1 saturated heterocycles. The average Bonchev–Trinajstić information content (AvgIpc) is 3.27. The van der Waals surface area contributed by atoms with Crippen molar-refractivity contribution >= 4 is 11.8 Å². The topological polar surface area (TPSA) is 74.4 Å². The predicted molar refractivity (Wildman–Crippen MR) is 110 cm³/mol. The summed E-state index contributed by atoms with van der Waals surface area (Å²) in [6.45, 7) is 2.23. The van der Waals surface area contributed by atoms with Gasteiger partial charge in [0.1, 0.15) is 17.4 Å². The fraction of sp³-hybridized carbons (Fsp3) is 0.364. The molecule has 0 aliphatic carbocycles. The van der Waals surface area contributed by atoms with E-state index in [-0.39, 0.29) is 17.8 Å². The molecular formula is C22H25FN4O2. The second-order valence-electron chi connectivity index (χ2n) is 7.29. The van der Waals surface area contributed by atoms with Crippen LogP contribution in [0.25, 0.3) is 0 Å². The second kappa shape index (κ2) is 9.05. The summed E-state index contributed by atoms with van der Waals surface area (Å²) in [5, 5.41) is 13.0. The van der Waals surface area contributed by atoms with Crippen LogP contribution in [0.1, 0.15) is 36.5 Å². The van der Waals surface area contributed by atoms with E-state index in [9.17, 15) is 9.50 Å². The quantitative estimate of drug-likeness (QED) is 0.633. The minimum atomic E-state index is -0.250. The Hall–Kier alpha value is -2.93. The smallest absolute Gasteiger partial charge is 0.224 e. The van der Waals surface area contributed by atoms with Gasteiger partial charge in [0.05, 0.1) is 12.4 Å². The normalized spacial score (nSPS) is 16.0. The molecule has 1 aromatic carbocycles. The molecule has 4 rings (SSSR count). The van der Waals surface area contributed by atoms with E-state index < -0.39 is 0 Å². The van der Waals surface area contributed by atoms with Crippen LogP contribution < -0.4 is 10.2 Å². The lowest BCUT2D eigenvalue weighted by Gasteiger charge is -2.30. The van der Waals surface area contributed by atoms with Gasteiger partial charge in [0.15, 0.2) is 0 Å². The van der Waals surface area contributed by atoms with Gasteiger partial charge in [-0.15, -0.1) is 0 Å². The number of halogens is 1. The van der Waals surface area contributed by atoms with Crippen LogP contribution in [0.5, 0.6) is 0 Å². The third kappa shape index (κ3) is 4.92. The molecule has 3 heterocycles. The zero-order valence-corrected chi connectivity index (χ0v) is 16.2. The van der Waals surface area contributed by atoms with Crippen LogP contribution in [0.2, 0.25) is 0 Å². The third-order valence-electron chi connectivity index (χ3n) is 5.30. The highest BCUT2D eigenvalue weighted by atomic mass is 19.1. The summed E-state index contributed by atoms with van der Waals surface area (Å²) in [7, 11) is 0. The van der Waals surface area contributed by atoms with E-state index in [0.717, 1.165) is 49.5 Å². The Labute approximate surface area is 169 Å². The fourth-order valence-electron chi connectivity index (χ4n) is 3.69. The molecule has 152 valence electrons. The van der Waals surface area contributed by atoms with Gasteiger partial charge in [0.2, 0.25) is 5.95 Å². The van der Waals surface area contributed by atoms with Gasteiger partial charge in [-0.2, -0.15) is 4.98 Å². The van der Waals surface area contributed by atoms with Gasteiger partial charge in [-0.25, -0.2) is 9.37 Å². The number of nitrogens with zero attached hydrogens (tertiary/aromatic N) is 3. The van der Waals surface area contributed by atoms with E-state index in [1.54, 1.807) is 24.6 Å². The summed E-state index contributed by atoms with van der Waals surface area (Å²) in [6.07, 6.45) is 5.46. The van der Waals surface area contributed by atoms with Crippen LogP contribution in [0, 0.1) is 5.82 Å². The summed E-state index contributed by atoms with van der Waals surface area (Å²) < 4.78 is 18.9. The SMILES string of the molecule is OC1CCN(c2ccnc(NCCC(c3ccc(F)cc3)c3ccco3)n2)CC1. The Morgan fingerprint density at radius 3 is 2.69 bits per heavy atom. The molecule has 7 heteroatoms. The van der Waals surface area contributed by atoms with Crippen molar-refractivity contribution in [2.45, 2.75) is 31.3 Å². The van der Waals surface area contributed by atoms with E-state index in [2.05, 4.69) is 20.2 Å². The third-order valence-corrected chi connectivity index (χ3v) is 5.30. The number of aromatic nitrogens is 2. The van der Waals surface area contributed by atoms with Crippen molar-refractivity contribution in [1.29, 1.82) is 0 Å². The Kier molecular flexibility index (Phi) is 6.05. The summed E-state index contributed by atoms with van der Waals surface area (Å²) in [5.74, 6) is 2.06. The van der Waals surface area contributed by atoms with Gasteiger partial charge < -0.3 is 19.7 Å². The number of benzene rings is 1. The molecule has 0 amide bonds. The minimum absolute atomic E-state index is 0.0184. The number of furan rings is 1. The number of piperidine rings is 1. The predicted octanol–water partition coefficient (Wildman–Crippen LogP) is 3.80. The van der Waals surface area contributed by atoms with Crippen LogP contribution in [0.15, 0.2) is 59.3 Å². The maximum atomic E-state index is 13.3. The lowest BCUT2D eigenvalue weighted by atomic mass is 9.93. The Morgan fingerprint density at radius 1 is 1.17 bits per heavy atom. The molecular weight excluding hydrogens is 371 g/mol. The molecule has 29 heavy (non-hydrogen) atoms. The lowest BCUT2D eigenvalue weighted by Crippen LogP contribution is -2.36. The highest BCUT2D eigenvalue weighted by Crippen LogP contribution is 2.28. The van der Waals surface area contributed by atoms with Crippen LogP contribution in [-0.2, 0) is 0 Å². The highest BCUT2D eigenvalue weighted by molar-refractivity contribution is 5.43. The summed E-state index contributed by atoms with van der Waals surface area (Å²) in [5.41, 5.74) is 1.00. The largest absolute Gasteiger partial charge is 0.469 e. The van der Waals surface area contributed by atoms with E-state index >= 15 is 0 Å². The van der Waals surface area contributed by atoms with Crippen LogP contribution >= 0.6 is 0 Å². The van der Waals surface area contributed by atoms with Crippen molar-refractivity contribution in [2.24, 2.45) is 0 Å². The molecule has 0 spiro atoms. The molecule has 1 aliphatic rings. The second-order valence-corrected chi connectivity index (χ2v) is 7.29. The first kappa shape index (κ1) is 19.4. The van der Waals surface area contributed by atoms with Crippen LogP contribution in [-0.4, -0.2) is 40.8 Å². The number of anilines is 2. The standard InChI is InChI=1S/C22H25FN4O2/c23-17-5-3-16(4-6-17)19(20-2-1-15-29-20)7-11-24-22-25-12-8-21(26-22)27-13-9-18(28)10-14-27/h1-6,8,12,15,18-19,28H,7,9-11,13-14H2,(H,24,25,26). The number of aliphatic hydroxyl groups excluding tert-OH is 1. The van der Waals surface area contributed by atoms with Crippen molar-refractivity contribution in [1.82, 2.24) is 9.97 Å². The van der Waals surface area contributed by atoms with Gasteiger partial charge in [0, 0.05) is 31.7 Å². The van der Waals surface area contributed by atoms with Gasteiger partial charge in [-0.3, -0.25) is 0 Å². The average molecular weight is 396 g/mol. The van der Waals surface area contributed by atoms with E-state index in [1.807, 2.05) is 18.2 Å². The van der Waals surface area contributed by atoms with Gasteiger partial charge in [-0.05, 0) is 55.2 Å². The zero-order chi connectivity index (χ0) is 20.1. The molecule has 2 N–H and O–H groups in total. The fourth-order valence-corrected chi connectivity index (χ4v) is 3.69. The van der Waals surface area contributed by atoms with E-state index in [0.29, 0.717) is 12.5 Å². The Balaban J connectivity index is 1.40. The lowest BCUT2D eigenvalue weighted by molar-refractivity contribution is 0.145. The maximum Gasteiger partial charge on any atom is 0.224 e. The monoisotopic (exact) mass is 396 g/mol. The first-order valence-corrected chi connectivity index (χ1v) is 9.98. The first-order chi connectivity index (χ1) is 14.2. The summed E-state index contributed by atoms with van der Waals surface area (Å²) in [4.78, 5) is 11.1. The molecule has 6 nitrogen and oxygen atoms in total. The summed E-state index contributed by atoms with van der Waals surface area (Å²) in [6, 6.07) is 12.2. The molecule has 1 unspecified atom stereocenters. The minimum Gasteiger partial charge on any atom is -0.469 e. The number of nitrogens with one attached hydrogen (secondary N) is 1. The molecule has 0 bridgehead atoms. The van der Waals surface area contributed by atoms with Crippen molar-refractivity contribution in [3.8, 4) is 0 Å². The molecule has 2 aromatic heterocycles. The molecule has 0 radical (unpaired) electrons. The van der Waals surface area contributed by atoms with Crippen molar-refractivity contribution in [3.05, 3.63) is 72.1 Å². The van der Waals surface area contributed by atoms with Crippen molar-refractivity contribution in [2.75, 3.05) is 29.9 Å². The highest BCUT2D eigenvalue weighted by Gasteiger charge is 2.19. The number of rotatable bonds is 7. The molecule has 1 aliphatic heterocycles. The van der Waals surface area contributed by atoms with Gasteiger partial charge in [0.25, 0.3) is 0 Å². The number of hydrogen-bond acceptors (Lipinski definition) is 6. The Bertz CT molecular complexity index is 893.